The molecule has 5 rings (SSSR count). The van der Waals surface area contributed by atoms with Gasteiger partial charge < -0.3 is 5.32 Å². The van der Waals surface area contributed by atoms with Gasteiger partial charge in [-0.25, -0.2) is 0 Å². The van der Waals surface area contributed by atoms with E-state index in [0.29, 0.717) is 17.6 Å². The summed E-state index contributed by atoms with van der Waals surface area (Å²) in [5.74, 6) is -0.419. The first-order valence-electron chi connectivity index (χ1n) is 9.29. The molecule has 1 aromatic heterocycles. The molecule has 1 N–H and O–H groups in total. The van der Waals surface area contributed by atoms with Crippen LogP contribution in [0.1, 0.15) is 36.3 Å². The molecule has 2 aliphatic rings. The summed E-state index contributed by atoms with van der Waals surface area (Å²) < 4.78 is 0. The SMILES string of the molecule is O=C1CCCC2=C1[C@@H](c1ccccc1[N+](=O)[O-])c1c(ccc3ncccc13)N2. The molecule has 2 heterocycles. The molecule has 0 unspecified atom stereocenters. The van der Waals surface area contributed by atoms with Gasteiger partial charge in [0.05, 0.1) is 10.4 Å². The number of benzene rings is 2. The molecule has 1 aliphatic carbocycles. The van der Waals surface area contributed by atoms with E-state index in [1.54, 1.807) is 24.4 Å². The maximum Gasteiger partial charge on any atom is 0.273 e. The van der Waals surface area contributed by atoms with Crippen molar-refractivity contribution in [3.63, 3.8) is 0 Å². The average Bonchev–Trinajstić information content (AvgIpc) is 2.72. The van der Waals surface area contributed by atoms with Crippen molar-refractivity contribution in [1.29, 1.82) is 0 Å². The minimum atomic E-state index is -0.478. The van der Waals surface area contributed by atoms with Gasteiger partial charge in [0.1, 0.15) is 0 Å². The van der Waals surface area contributed by atoms with Crippen molar-refractivity contribution in [2.75, 3.05) is 5.32 Å². The zero-order chi connectivity index (χ0) is 19.3. The second-order valence-electron chi connectivity index (χ2n) is 7.14. The van der Waals surface area contributed by atoms with Gasteiger partial charge in [-0.15, -0.1) is 0 Å². The van der Waals surface area contributed by atoms with Gasteiger partial charge in [-0.1, -0.05) is 24.3 Å². The molecule has 6 nitrogen and oxygen atoms in total. The lowest BCUT2D eigenvalue weighted by molar-refractivity contribution is -0.385. The van der Waals surface area contributed by atoms with Gasteiger partial charge in [0.2, 0.25) is 0 Å². The Kier molecular flexibility index (Phi) is 3.72. The van der Waals surface area contributed by atoms with Crippen molar-refractivity contribution in [1.82, 2.24) is 4.98 Å². The molecule has 0 saturated carbocycles. The third-order valence-corrected chi connectivity index (χ3v) is 5.59. The third-order valence-electron chi connectivity index (χ3n) is 5.59. The minimum Gasteiger partial charge on any atom is -0.358 e. The number of aromatic nitrogens is 1. The Balaban J connectivity index is 1.87. The topological polar surface area (TPSA) is 85.1 Å². The second kappa shape index (κ2) is 6.27. The van der Waals surface area contributed by atoms with Gasteiger partial charge >= 0.3 is 0 Å². The molecular weight excluding hydrogens is 354 g/mol. The highest BCUT2D eigenvalue weighted by Crippen LogP contribution is 2.49. The highest BCUT2D eigenvalue weighted by atomic mass is 16.6. The van der Waals surface area contributed by atoms with Crippen LogP contribution in [0, 0.1) is 10.1 Å². The van der Waals surface area contributed by atoms with Crippen molar-refractivity contribution in [2.45, 2.75) is 25.2 Å². The average molecular weight is 371 g/mol. The predicted molar refractivity (Wildman–Crippen MR) is 106 cm³/mol. The first-order chi connectivity index (χ1) is 13.6. The maximum absolute atomic E-state index is 13.0. The Hall–Kier alpha value is -3.54. The van der Waals surface area contributed by atoms with Crippen LogP contribution in [0.5, 0.6) is 0 Å². The zero-order valence-corrected chi connectivity index (χ0v) is 15.0. The summed E-state index contributed by atoms with van der Waals surface area (Å²) in [6.07, 6.45) is 3.75. The summed E-state index contributed by atoms with van der Waals surface area (Å²) in [5.41, 5.74) is 4.70. The number of carbonyl (C=O) groups excluding carboxylic acids is 1. The van der Waals surface area contributed by atoms with Gasteiger partial charge in [-0.2, -0.15) is 0 Å². The van der Waals surface area contributed by atoms with Crippen LogP contribution in [-0.2, 0) is 4.79 Å². The molecule has 1 aliphatic heterocycles. The standard InChI is InChI=1S/C22H17N3O3/c26-19-9-3-7-16-22(19)21(14-5-1-2-8-18(14)25(27)28)20-13-6-4-12-23-15(13)10-11-17(20)24-16/h1-2,4-6,8,10-12,21,24H,3,7,9H2/t21-/m0/s1. The first kappa shape index (κ1) is 16.6. The number of carbonyl (C=O) groups is 1. The van der Waals surface area contributed by atoms with Gasteiger partial charge in [0, 0.05) is 52.5 Å². The largest absolute Gasteiger partial charge is 0.358 e. The highest BCUT2D eigenvalue weighted by molar-refractivity contribution is 6.03. The number of nitrogens with one attached hydrogen (secondary N) is 1. The minimum absolute atomic E-state index is 0.0338. The number of hydrogen-bond acceptors (Lipinski definition) is 5. The number of pyridine rings is 1. The van der Waals surface area contributed by atoms with Crippen LogP contribution in [-0.4, -0.2) is 15.7 Å². The summed E-state index contributed by atoms with van der Waals surface area (Å²) in [4.78, 5) is 28.8. The van der Waals surface area contributed by atoms with E-state index in [2.05, 4.69) is 10.3 Å². The number of allylic oxidation sites excluding steroid dienone is 2. The number of nitro benzene ring substituents is 1. The maximum atomic E-state index is 13.0. The molecule has 28 heavy (non-hydrogen) atoms. The molecule has 0 bridgehead atoms. The molecule has 0 fully saturated rings. The van der Waals surface area contributed by atoms with Crippen LogP contribution in [0.4, 0.5) is 11.4 Å². The van der Waals surface area contributed by atoms with Gasteiger partial charge in [0.25, 0.3) is 5.69 Å². The van der Waals surface area contributed by atoms with E-state index in [4.69, 9.17) is 0 Å². The van der Waals surface area contributed by atoms with Crippen molar-refractivity contribution in [3.05, 3.63) is 87.2 Å². The number of nitrogens with zero attached hydrogens (tertiary/aromatic N) is 2. The fourth-order valence-corrected chi connectivity index (χ4v) is 4.44. The summed E-state index contributed by atoms with van der Waals surface area (Å²) in [5, 5.41) is 16.1. The number of nitro groups is 1. The van der Waals surface area contributed by atoms with Crippen molar-refractivity contribution >= 4 is 28.1 Å². The van der Waals surface area contributed by atoms with E-state index < -0.39 is 5.92 Å². The van der Waals surface area contributed by atoms with E-state index in [1.165, 1.54) is 6.07 Å². The number of rotatable bonds is 2. The second-order valence-corrected chi connectivity index (χ2v) is 7.14. The number of anilines is 1. The number of fused-ring (bicyclic) bond motifs is 3. The van der Waals surface area contributed by atoms with Crippen molar-refractivity contribution in [2.24, 2.45) is 0 Å². The molecule has 0 saturated heterocycles. The molecule has 3 aromatic rings. The summed E-state index contributed by atoms with van der Waals surface area (Å²) in [6, 6.07) is 14.4. The van der Waals surface area contributed by atoms with E-state index in [9.17, 15) is 14.9 Å². The van der Waals surface area contributed by atoms with Crippen LogP contribution < -0.4 is 5.32 Å². The first-order valence-corrected chi connectivity index (χ1v) is 9.29. The van der Waals surface area contributed by atoms with Crippen LogP contribution in [0.15, 0.2) is 66.0 Å². The highest BCUT2D eigenvalue weighted by Gasteiger charge is 2.38. The molecule has 2 aromatic carbocycles. The lowest BCUT2D eigenvalue weighted by Gasteiger charge is -2.34. The van der Waals surface area contributed by atoms with Crippen LogP contribution >= 0.6 is 0 Å². The fraction of sp³-hybridized carbons (Fsp3) is 0.182. The molecule has 0 spiro atoms. The molecule has 0 radical (unpaired) electrons. The van der Waals surface area contributed by atoms with E-state index in [0.717, 1.165) is 40.7 Å². The zero-order valence-electron chi connectivity index (χ0n) is 15.0. The molecular formula is C22H17N3O3. The Labute approximate surface area is 161 Å². The molecule has 1 atom stereocenters. The van der Waals surface area contributed by atoms with E-state index in [-0.39, 0.29) is 16.4 Å². The van der Waals surface area contributed by atoms with Gasteiger partial charge in [-0.05, 0) is 36.6 Å². The van der Waals surface area contributed by atoms with Gasteiger partial charge in [-0.3, -0.25) is 19.9 Å². The molecule has 138 valence electrons. The predicted octanol–water partition coefficient (Wildman–Crippen LogP) is 4.71. The van der Waals surface area contributed by atoms with Crippen molar-refractivity contribution < 1.29 is 9.72 Å². The smallest absolute Gasteiger partial charge is 0.273 e. The Bertz CT molecular complexity index is 1180. The van der Waals surface area contributed by atoms with Crippen LogP contribution in [0.3, 0.4) is 0 Å². The Morgan fingerprint density at radius 3 is 2.79 bits per heavy atom. The molecule has 6 heteroatoms. The number of hydrogen-bond donors (Lipinski definition) is 1. The van der Waals surface area contributed by atoms with Crippen LogP contribution in [0.2, 0.25) is 0 Å². The monoisotopic (exact) mass is 371 g/mol. The summed E-state index contributed by atoms with van der Waals surface area (Å²) >= 11 is 0. The Morgan fingerprint density at radius 1 is 1.07 bits per heavy atom. The van der Waals surface area contributed by atoms with Gasteiger partial charge in [0.15, 0.2) is 5.78 Å². The van der Waals surface area contributed by atoms with Crippen LogP contribution in [0.25, 0.3) is 10.9 Å². The number of ketones is 1. The lowest BCUT2D eigenvalue weighted by Crippen LogP contribution is -2.27. The Morgan fingerprint density at radius 2 is 1.93 bits per heavy atom. The number of para-hydroxylation sites is 1. The van der Waals surface area contributed by atoms with E-state index >= 15 is 0 Å². The lowest BCUT2D eigenvalue weighted by atomic mass is 9.74. The van der Waals surface area contributed by atoms with Crippen molar-refractivity contribution in [3.8, 4) is 0 Å². The van der Waals surface area contributed by atoms with E-state index in [1.807, 2.05) is 24.3 Å². The summed E-state index contributed by atoms with van der Waals surface area (Å²) in [7, 11) is 0. The number of Topliss-reactive ketones (excluding diaryl/α,β-unsaturated/α-hetero) is 1. The molecule has 0 amide bonds. The fourth-order valence-electron chi connectivity index (χ4n) is 4.44. The summed E-state index contributed by atoms with van der Waals surface area (Å²) in [6.45, 7) is 0. The third kappa shape index (κ3) is 2.41. The normalized spacial score (nSPS) is 18.4. The quantitative estimate of drug-likeness (QED) is 0.521.